The molecule has 218 valence electrons. The van der Waals surface area contributed by atoms with Crippen LogP contribution in [0.4, 0.5) is 0 Å². The van der Waals surface area contributed by atoms with Gasteiger partial charge in [-0.05, 0) is 53.1 Å². The Hall–Kier alpha value is -5.20. The van der Waals surface area contributed by atoms with Crippen molar-refractivity contribution in [3.05, 3.63) is 70.8 Å². The molecular weight excluding hydrogens is 552 g/mol. The van der Waals surface area contributed by atoms with Crippen molar-refractivity contribution < 1.29 is 60.5 Å². The lowest BCUT2D eigenvalue weighted by Crippen LogP contribution is -2.31. The highest BCUT2D eigenvalue weighted by atomic mass is 16.5. The Morgan fingerprint density at radius 1 is 0.500 bits per heavy atom. The lowest BCUT2D eigenvalue weighted by atomic mass is 9.86. The summed E-state index contributed by atoms with van der Waals surface area (Å²) in [5.74, 6) is -4.51. The first-order valence-corrected chi connectivity index (χ1v) is 12.8. The minimum Gasteiger partial charge on any atom is -0.504 e. The van der Waals surface area contributed by atoms with Crippen LogP contribution in [0.1, 0.15) is 34.5 Å². The van der Waals surface area contributed by atoms with Gasteiger partial charge in [0.15, 0.2) is 58.2 Å². The Bertz CT molecular complexity index is 1730. The molecule has 0 saturated heterocycles. The summed E-state index contributed by atoms with van der Waals surface area (Å²) in [6.45, 7) is 0. The van der Waals surface area contributed by atoms with Crippen LogP contribution in [0.15, 0.2) is 48.5 Å². The van der Waals surface area contributed by atoms with E-state index < -0.39 is 58.9 Å². The normalized spacial score (nSPS) is 21.1. The number of phenols is 8. The number of phenolic OH excluding ortho intramolecular Hbond substituents is 8. The van der Waals surface area contributed by atoms with Gasteiger partial charge in [0, 0.05) is 29.5 Å². The van der Waals surface area contributed by atoms with Crippen molar-refractivity contribution in [1.82, 2.24) is 0 Å². The van der Waals surface area contributed by atoms with Crippen molar-refractivity contribution in [1.29, 1.82) is 0 Å². The lowest BCUT2D eigenvalue weighted by molar-refractivity contribution is 0.0185. The minimum atomic E-state index is -1.23. The van der Waals surface area contributed by atoms with E-state index in [0.29, 0.717) is 11.1 Å². The minimum absolute atomic E-state index is 0.00847. The van der Waals surface area contributed by atoms with Crippen LogP contribution in [0.2, 0.25) is 0 Å². The molecule has 0 amide bonds. The van der Waals surface area contributed by atoms with Crippen molar-refractivity contribution in [2.24, 2.45) is 0 Å². The topological polar surface area (TPSA) is 221 Å². The molecule has 0 saturated carbocycles. The monoisotopic (exact) mass is 578 g/mol. The van der Waals surface area contributed by atoms with Crippen LogP contribution in [0.3, 0.4) is 0 Å². The summed E-state index contributed by atoms with van der Waals surface area (Å²) < 4.78 is 11.7. The number of aromatic hydroxyl groups is 8. The van der Waals surface area contributed by atoms with Crippen LogP contribution in [0, 0.1) is 0 Å². The zero-order valence-electron chi connectivity index (χ0n) is 21.6. The molecule has 2 heterocycles. The van der Waals surface area contributed by atoms with Crippen LogP contribution in [0.5, 0.6) is 57.5 Å². The maximum atomic E-state index is 11.1. The van der Waals surface area contributed by atoms with Gasteiger partial charge in [0.25, 0.3) is 0 Å². The van der Waals surface area contributed by atoms with Gasteiger partial charge < -0.3 is 60.5 Å². The van der Waals surface area contributed by atoms with Gasteiger partial charge in [-0.25, -0.2) is 0 Å². The average molecular weight is 579 g/mol. The van der Waals surface area contributed by atoms with Crippen LogP contribution < -0.4 is 9.47 Å². The fourth-order valence-electron chi connectivity index (χ4n) is 5.50. The molecule has 2 aliphatic rings. The molecular formula is C30H26O12. The molecule has 4 aromatic carbocycles. The van der Waals surface area contributed by atoms with Gasteiger partial charge in [0.2, 0.25) is 11.5 Å². The van der Waals surface area contributed by atoms with Gasteiger partial charge in [-0.15, -0.1) is 0 Å². The molecule has 0 fully saturated rings. The first-order chi connectivity index (χ1) is 19.9. The SMILES string of the molecule is Oc1ccc([C@H]2Oc3c(cc(-c4cc(O)c(O)c5c4C[C@H](O)[C@@H](c4ccc(O)c(O)c4)O5)c(O)c3O)C[C@@H]2O)cc1O. The van der Waals surface area contributed by atoms with Gasteiger partial charge in [-0.2, -0.15) is 0 Å². The molecule has 0 bridgehead atoms. The molecule has 0 aromatic heterocycles. The molecule has 6 rings (SSSR count). The molecule has 4 atom stereocenters. The molecule has 12 heteroatoms. The molecule has 42 heavy (non-hydrogen) atoms. The van der Waals surface area contributed by atoms with Crippen molar-refractivity contribution in [2.45, 2.75) is 37.3 Å². The summed E-state index contributed by atoms with van der Waals surface area (Å²) >= 11 is 0. The second-order valence-electron chi connectivity index (χ2n) is 10.3. The molecule has 0 spiro atoms. The Labute approximate surface area is 237 Å². The molecule has 12 nitrogen and oxygen atoms in total. The molecule has 4 aromatic rings. The highest BCUT2D eigenvalue weighted by Gasteiger charge is 2.38. The van der Waals surface area contributed by atoms with Crippen LogP contribution in [-0.2, 0) is 12.8 Å². The van der Waals surface area contributed by atoms with E-state index in [2.05, 4.69) is 0 Å². The van der Waals surface area contributed by atoms with Crippen LogP contribution in [-0.4, -0.2) is 63.3 Å². The van der Waals surface area contributed by atoms with Crippen molar-refractivity contribution in [3.8, 4) is 68.6 Å². The fourth-order valence-corrected chi connectivity index (χ4v) is 5.50. The largest absolute Gasteiger partial charge is 0.504 e. The highest BCUT2D eigenvalue weighted by molar-refractivity contribution is 5.83. The predicted octanol–water partition coefficient (Wildman–Crippen LogP) is 3.07. The van der Waals surface area contributed by atoms with Crippen molar-refractivity contribution in [2.75, 3.05) is 0 Å². The van der Waals surface area contributed by atoms with Gasteiger partial charge >= 0.3 is 0 Å². The van der Waals surface area contributed by atoms with E-state index in [1.54, 1.807) is 0 Å². The van der Waals surface area contributed by atoms with E-state index in [9.17, 15) is 51.1 Å². The van der Waals surface area contributed by atoms with Gasteiger partial charge in [-0.1, -0.05) is 12.1 Å². The predicted molar refractivity (Wildman–Crippen MR) is 144 cm³/mol. The molecule has 10 N–H and O–H groups in total. The summed E-state index contributed by atoms with van der Waals surface area (Å²) in [6.07, 6.45) is -4.74. The summed E-state index contributed by atoms with van der Waals surface area (Å²) in [5.41, 5.74) is 1.19. The third kappa shape index (κ3) is 4.24. The second kappa shape index (κ2) is 9.72. The van der Waals surface area contributed by atoms with Crippen LogP contribution >= 0.6 is 0 Å². The number of hydrogen-bond acceptors (Lipinski definition) is 12. The Morgan fingerprint density at radius 2 is 1.05 bits per heavy atom. The first-order valence-electron chi connectivity index (χ1n) is 12.8. The lowest BCUT2D eigenvalue weighted by Gasteiger charge is -2.34. The van der Waals surface area contributed by atoms with Crippen molar-refractivity contribution in [3.63, 3.8) is 0 Å². The van der Waals surface area contributed by atoms with Crippen molar-refractivity contribution >= 4 is 0 Å². The zero-order valence-corrected chi connectivity index (χ0v) is 21.6. The van der Waals surface area contributed by atoms with Crippen LogP contribution in [0.25, 0.3) is 11.1 Å². The maximum Gasteiger partial charge on any atom is 0.201 e. The van der Waals surface area contributed by atoms with E-state index in [1.807, 2.05) is 0 Å². The van der Waals surface area contributed by atoms with Gasteiger partial charge in [-0.3, -0.25) is 0 Å². The molecule has 0 unspecified atom stereocenters. The number of fused-ring (bicyclic) bond motifs is 2. The number of ether oxygens (including phenoxy) is 2. The van der Waals surface area contributed by atoms with Gasteiger partial charge in [0.05, 0.1) is 12.2 Å². The molecule has 0 aliphatic carbocycles. The number of benzene rings is 4. The smallest absolute Gasteiger partial charge is 0.201 e. The van der Waals surface area contributed by atoms with E-state index in [4.69, 9.17) is 9.47 Å². The number of aliphatic hydroxyl groups is 2. The van der Waals surface area contributed by atoms with E-state index in [-0.39, 0.29) is 58.1 Å². The summed E-state index contributed by atoms with van der Waals surface area (Å²) in [4.78, 5) is 0. The molecule has 2 aliphatic heterocycles. The maximum absolute atomic E-state index is 11.1. The Balaban J connectivity index is 1.42. The van der Waals surface area contributed by atoms with E-state index in [1.165, 1.54) is 42.5 Å². The Kier molecular flexibility index (Phi) is 6.24. The quantitative estimate of drug-likeness (QED) is 0.159. The number of aliphatic hydroxyl groups excluding tert-OH is 2. The molecule has 0 radical (unpaired) electrons. The standard InChI is InChI=1S/C30H26O12/c31-17-3-1-11(6-19(17)33)27-22(36)8-13-5-15(24(38)26(40)29(13)41-27)14-9-21(35)25(39)30-16(14)10-23(37)28(42-30)12-2-4-18(32)20(34)7-12/h1-7,9,22-23,27-28,31-40H,8,10H2/t22-,23-,27+,28+/m0/s1. The number of hydrogen-bond donors (Lipinski definition) is 10. The summed E-state index contributed by atoms with van der Waals surface area (Å²) in [5, 5.41) is 104. The summed E-state index contributed by atoms with van der Waals surface area (Å²) in [6, 6.07) is 10.3. The number of rotatable bonds is 3. The van der Waals surface area contributed by atoms with Gasteiger partial charge in [0.1, 0.15) is 0 Å². The average Bonchev–Trinajstić information content (AvgIpc) is 2.95. The fraction of sp³-hybridized carbons (Fsp3) is 0.200. The van der Waals surface area contributed by atoms with E-state index in [0.717, 1.165) is 6.07 Å². The zero-order chi connectivity index (χ0) is 30.0. The third-order valence-corrected chi connectivity index (χ3v) is 7.62. The van der Waals surface area contributed by atoms with E-state index >= 15 is 0 Å². The second-order valence-corrected chi connectivity index (χ2v) is 10.3. The Morgan fingerprint density at radius 3 is 1.62 bits per heavy atom. The third-order valence-electron chi connectivity index (χ3n) is 7.62. The highest BCUT2D eigenvalue weighted by Crippen LogP contribution is 2.55. The first kappa shape index (κ1) is 27.0. The summed E-state index contributed by atoms with van der Waals surface area (Å²) in [7, 11) is 0.